The van der Waals surface area contributed by atoms with Gasteiger partial charge in [-0.3, -0.25) is 0 Å². The summed E-state index contributed by atoms with van der Waals surface area (Å²) in [7, 11) is 0. The molecule has 0 bridgehead atoms. The predicted molar refractivity (Wildman–Crippen MR) is 106 cm³/mol. The summed E-state index contributed by atoms with van der Waals surface area (Å²) in [4.78, 5) is 0. The second kappa shape index (κ2) is 25.4. The van der Waals surface area contributed by atoms with Crippen molar-refractivity contribution < 1.29 is 0 Å². The molecule has 0 aromatic rings. The van der Waals surface area contributed by atoms with Gasteiger partial charge in [0.2, 0.25) is 0 Å². The van der Waals surface area contributed by atoms with E-state index < -0.39 is 0 Å². The van der Waals surface area contributed by atoms with Crippen molar-refractivity contribution >= 4 is 0 Å². The molecule has 0 fully saturated rings. The van der Waals surface area contributed by atoms with Crippen molar-refractivity contribution in [2.24, 2.45) is 0 Å². The molecular formula is C22H44. The van der Waals surface area contributed by atoms with Gasteiger partial charge < -0.3 is 0 Å². The third-order valence-corrected chi connectivity index (χ3v) is 3.88. The molecule has 0 nitrogen and oxygen atoms in total. The first-order chi connectivity index (χ1) is 10.8. The van der Waals surface area contributed by atoms with E-state index in [1.807, 2.05) is 6.08 Å². The zero-order valence-electron chi connectivity index (χ0n) is 16.0. The number of rotatable bonds is 15. The van der Waals surface area contributed by atoms with E-state index in [1.165, 1.54) is 96.3 Å². The van der Waals surface area contributed by atoms with Gasteiger partial charge in [0.15, 0.2) is 0 Å². The van der Waals surface area contributed by atoms with Crippen molar-refractivity contribution in [3.05, 3.63) is 24.8 Å². The molecule has 0 aliphatic carbocycles. The van der Waals surface area contributed by atoms with Gasteiger partial charge in [-0.15, -0.1) is 6.58 Å². The van der Waals surface area contributed by atoms with E-state index in [9.17, 15) is 0 Å². The van der Waals surface area contributed by atoms with Gasteiger partial charge >= 0.3 is 0 Å². The molecule has 22 heavy (non-hydrogen) atoms. The lowest BCUT2D eigenvalue weighted by Crippen LogP contribution is -1.75. The first kappa shape index (κ1) is 23.7. The Balaban J connectivity index is 0. The summed E-state index contributed by atoms with van der Waals surface area (Å²) in [5.41, 5.74) is 0. The summed E-state index contributed by atoms with van der Waals surface area (Å²) >= 11 is 0. The number of allylic oxidation sites excluding steroid dienone is 3. The van der Waals surface area contributed by atoms with E-state index >= 15 is 0 Å². The summed E-state index contributed by atoms with van der Waals surface area (Å²) < 4.78 is 0. The lowest BCUT2D eigenvalue weighted by atomic mass is 10.1. The monoisotopic (exact) mass is 308 g/mol. The van der Waals surface area contributed by atoms with Crippen LogP contribution < -0.4 is 0 Å². The van der Waals surface area contributed by atoms with E-state index in [0.717, 1.165) is 0 Å². The first-order valence-electron chi connectivity index (χ1n) is 10.1. The van der Waals surface area contributed by atoms with Gasteiger partial charge in [-0.1, -0.05) is 96.8 Å². The largest absolute Gasteiger partial charge is 0.103 e. The summed E-state index contributed by atoms with van der Waals surface area (Å²) in [5.74, 6) is 0. The lowest BCUT2D eigenvalue weighted by molar-refractivity contribution is 0.665. The fourth-order valence-electron chi connectivity index (χ4n) is 2.33. The Bertz CT molecular complexity index is 188. The Morgan fingerprint density at radius 1 is 0.500 bits per heavy atom. The maximum absolute atomic E-state index is 3.66. The minimum Gasteiger partial charge on any atom is -0.103 e. The van der Waals surface area contributed by atoms with Crippen LogP contribution in [-0.4, -0.2) is 0 Å². The summed E-state index contributed by atoms with van der Waals surface area (Å²) in [5, 5.41) is 0. The predicted octanol–water partition coefficient (Wildman–Crippen LogP) is 8.63. The molecule has 0 aliphatic heterocycles. The van der Waals surface area contributed by atoms with Crippen LogP contribution in [0, 0.1) is 0 Å². The fourth-order valence-corrected chi connectivity index (χ4v) is 2.33. The first-order valence-corrected chi connectivity index (χ1v) is 10.1. The van der Waals surface area contributed by atoms with Crippen molar-refractivity contribution in [1.82, 2.24) is 0 Å². The SMILES string of the molecule is C=CCCCCCC.CCCCCC/C=C\CCCCCC. The molecule has 0 rings (SSSR count). The standard InChI is InChI=1S/C14H28.C8H16/c1-3-5-7-9-11-13-14-12-10-8-6-4-2;1-3-5-7-8-6-4-2/h13-14H,3-12H2,1-2H3;3H,1,4-8H2,2H3/b14-13-;. The highest BCUT2D eigenvalue weighted by Crippen LogP contribution is 2.06. The molecule has 0 amide bonds. The minimum atomic E-state index is 1.19. The van der Waals surface area contributed by atoms with E-state index in [0.29, 0.717) is 0 Å². The van der Waals surface area contributed by atoms with E-state index in [4.69, 9.17) is 0 Å². The molecule has 0 aliphatic rings. The minimum absolute atomic E-state index is 1.19. The Morgan fingerprint density at radius 3 is 1.18 bits per heavy atom. The topological polar surface area (TPSA) is 0 Å². The van der Waals surface area contributed by atoms with Gasteiger partial charge in [-0.05, 0) is 38.5 Å². The maximum Gasteiger partial charge on any atom is -0.0351 e. The van der Waals surface area contributed by atoms with Crippen LogP contribution in [0.5, 0.6) is 0 Å². The maximum atomic E-state index is 3.66. The molecule has 132 valence electrons. The number of hydrogen-bond acceptors (Lipinski definition) is 0. The quantitative estimate of drug-likeness (QED) is 0.210. The molecule has 0 saturated heterocycles. The Labute approximate surface area is 142 Å². The van der Waals surface area contributed by atoms with Crippen LogP contribution in [0.4, 0.5) is 0 Å². The molecule has 0 aromatic heterocycles. The van der Waals surface area contributed by atoms with Gasteiger partial charge in [0.25, 0.3) is 0 Å². The van der Waals surface area contributed by atoms with Gasteiger partial charge in [0.1, 0.15) is 0 Å². The van der Waals surface area contributed by atoms with Crippen LogP contribution in [0.1, 0.15) is 117 Å². The summed E-state index contributed by atoms with van der Waals surface area (Å²) in [6, 6.07) is 0. The zero-order chi connectivity index (χ0) is 16.7. The molecule has 0 aromatic carbocycles. The smallest absolute Gasteiger partial charge is 0.0351 e. The Kier molecular flexibility index (Phi) is 27.4. The van der Waals surface area contributed by atoms with Gasteiger partial charge in [0.05, 0.1) is 0 Å². The van der Waals surface area contributed by atoms with Crippen LogP contribution in [-0.2, 0) is 0 Å². The normalized spacial score (nSPS) is 10.5. The van der Waals surface area contributed by atoms with E-state index in [-0.39, 0.29) is 0 Å². The molecule has 0 radical (unpaired) electrons. The highest BCUT2D eigenvalue weighted by atomic mass is 13.9. The molecule has 0 heteroatoms. The third-order valence-electron chi connectivity index (χ3n) is 3.88. The van der Waals surface area contributed by atoms with Crippen LogP contribution in [0.15, 0.2) is 24.8 Å². The lowest BCUT2D eigenvalue weighted by Gasteiger charge is -1.95. The molecule has 0 unspecified atom stereocenters. The zero-order valence-corrected chi connectivity index (χ0v) is 16.0. The second-order valence-electron chi connectivity index (χ2n) is 6.31. The highest BCUT2D eigenvalue weighted by molar-refractivity contribution is 4.81. The van der Waals surface area contributed by atoms with Crippen molar-refractivity contribution in [1.29, 1.82) is 0 Å². The second-order valence-corrected chi connectivity index (χ2v) is 6.31. The van der Waals surface area contributed by atoms with Gasteiger partial charge in [-0.25, -0.2) is 0 Å². The van der Waals surface area contributed by atoms with Crippen LogP contribution >= 0.6 is 0 Å². The average Bonchev–Trinajstić information content (AvgIpc) is 2.54. The Hall–Kier alpha value is -0.520. The molecule has 0 atom stereocenters. The summed E-state index contributed by atoms with van der Waals surface area (Å²) in [6.07, 6.45) is 27.1. The van der Waals surface area contributed by atoms with Crippen molar-refractivity contribution in [2.45, 2.75) is 117 Å². The van der Waals surface area contributed by atoms with Crippen molar-refractivity contribution in [2.75, 3.05) is 0 Å². The molecule has 0 heterocycles. The third kappa shape index (κ3) is 27.8. The molecule has 0 N–H and O–H groups in total. The van der Waals surface area contributed by atoms with Crippen LogP contribution in [0.3, 0.4) is 0 Å². The average molecular weight is 309 g/mol. The van der Waals surface area contributed by atoms with Crippen molar-refractivity contribution in [3.63, 3.8) is 0 Å². The molecule has 0 saturated carbocycles. The fraction of sp³-hybridized carbons (Fsp3) is 0.818. The molecule has 0 spiro atoms. The number of unbranched alkanes of at least 4 members (excludes halogenated alkanes) is 12. The summed E-state index contributed by atoms with van der Waals surface area (Å²) in [6.45, 7) is 10.4. The molecular weight excluding hydrogens is 264 g/mol. The van der Waals surface area contributed by atoms with Gasteiger partial charge in [0, 0.05) is 0 Å². The van der Waals surface area contributed by atoms with Crippen LogP contribution in [0.2, 0.25) is 0 Å². The highest BCUT2D eigenvalue weighted by Gasteiger charge is 1.86. The van der Waals surface area contributed by atoms with Crippen LogP contribution in [0.25, 0.3) is 0 Å². The Morgan fingerprint density at radius 2 is 0.864 bits per heavy atom. The van der Waals surface area contributed by atoms with E-state index in [2.05, 4.69) is 39.5 Å². The van der Waals surface area contributed by atoms with Gasteiger partial charge in [-0.2, -0.15) is 0 Å². The van der Waals surface area contributed by atoms with Crippen molar-refractivity contribution in [3.8, 4) is 0 Å². The number of hydrogen-bond donors (Lipinski definition) is 0. The van der Waals surface area contributed by atoms with E-state index in [1.54, 1.807) is 0 Å².